The van der Waals surface area contributed by atoms with Crippen LogP contribution in [0.2, 0.25) is 0 Å². The first kappa shape index (κ1) is 12.4. The molecule has 2 unspecified atom stereocenters. The lowest BCUT2D eigenvalue weighted by molar-refractivity contribution is -0.121. The van der Waals surface area contributed by atoms with Crippen molar-refractivity contribution < 1.29 is 9.59 Å². The van der Waals surface area contributed by atoms with Crippen molar-refractivity contribution in [3.8, 4) is 0 Å². The zero-order valence-corrected chi connectivity index (χ0v) is 11.2. The van der Waals surface area contributed by atoms with E-state index in [0.29, 0.717) is 17.8 Å². The Balaban J connectivity index is 1.79. The normalized spacial score (nSPS) is 27.2. The maximum atomic E-state index is 12.5. The van der Waals surface area contributed by atoms with E-state index in [9.17, 15) is 9.59 Å². The molecule has 3 rings (SSSR count). The predicted molar refractivity (Wildman–Crippen MR) is 69.6 cm³/mol. The second-order valence-electron chi connectivity index (χ2n) is 5.58. The van der Waals surface area contributed by atoms with Gasteiger partial charge in [0.15, 0.2) is 0 Å². The van der Waals surface area contributed by atoms with Gasteiger partial charge in [-0.3, -0.25) is 14.3 Å². The van der Waals surface area contributed by atoms with Gasteiger partial charge in [-0.1, -0.05) is 0 Å². The van der Waals surface area contributed by atoms with Crippen LogP contribution in [0.15, 0.2) is 12.4 Å². The molecule has 1 saturated heterocycles. The fourth-order valence-corrected chi connectivity index (χ4v) is 3.41. The van der Waals surface area contributed by atoms with Gasteiger partial charge in [-0.25, -0.2) is 0 Å². The molecule has 1 aliphatic carbocycles. The smallest absolute Gasteiger partial charge is 0.257 e. The van der Waals surface area contributed by atoms with Crippen molar-refractivity contribution in [3.63, 3.8) is 0 Å². The molecule has 1 amide bonds. The molecule has 0 spiro atoms. The number of carbonyl (C=O) groups excluding carboxylic acids is 2. The molecule has 5 heteroatoms. The molecule has 1 aliphatic heterocycles. The molecule has 19 heavy (non-hydrogen) atoms. The van der Waals surface area contributed by atoms with Crippen LogP contribution in [-0.4, -0.2) is 39.0 Å². The van der Waals surface area contributed by atoms with Crippen molar-refractivity contribution in [2.45, 2.75) is 38.1 Å². The topological polar surface area (TPSA) is 55.2 Å². The molecule has 2 fully saturated rings. The summed E-state index contributed by atoms with van der Waals surface area (Å²) in [6.45, 7) is 0.766. The van der Waals surface area contributed by atoms with Gasteiger partial charge in [0.05, 0.1) is 11.8 Å². The molecule has 1 saturated carbocycles. The van der Waals surface area contributed by atoms with Gasteiger partial charge >= 0.3 is 0 Å². The van der Waals surface area contributed by atoms with Gasteiger partial charge in [0.2, 0.25) is 0 Å². The number of carbonyl (C=O) groups is 2. The molecule has 0 N–H and O–H groups in total. The summed E-state index contributed by atoms with van der Waals surface area (Å²) in [6.07, 6.45) is 7.93. The number of Topliss-reactive ketones (excluding diaryl/α,β-unsaturated/α-hetero) is 1. The average Bonchev–Trinajstić information content (AvgIpc) is 3.07. The predicted octanol–water partition coefficient (Wildman–Crippen LogP) is 1.39. The van der Waals surface area contributed by atoms with Crippen LogP contribution in [0.1, 0.15) is 42.5 Å². The molecule has 2 heterocycles. The third-order valence-electron chi connectivity index (χ3n) is 4.33. The van der Waals surface area contributed by atoms with E-state index in [2.05, 4.69) is 5.10 Å². The first-order valence-corrected chi connectivity index (χ1v) is 6.99. The summed E-state index contributed by atoms with van der Waals surface area (Å²) >= 11 is 0. The number of hydrogen-bond donors (Lipinski definition) is 0. The molecule has 1 aromatic heterocycles. The van der Waals surface area contributed by atoms with Crippen LogP contribution < -0.4 is 0 Å². The highest BCUT2D eigenvalue weighted by Gasteiger charge is 2.40. The highest BCUT2D eigenvalue weighted by Crippen LogP contribution is 2.33. The lowest BCUT2D eigenvalue weighted by Gasteiger charge is -2.28. The number of amides is 1. The summed E-state index contributed by atoms with van der Waals surface area (Å²) in [4.78, 5) is 26.3. The van der Waals surface area contributed by atoms with E-state index in [1.165, 1.54) is 0 Å². The van der Waals surface area contributed by atoms with Crippen molar-refractivity contribution >= 4 is 11.7 Å². The molecule has 0 aromatic carbocycles. The maximum absolute atomic E-state index is 12.5. The van der Waals surface area contributed by atoms with Crippen molar-refractivity contribution in [1.29, 1.82) is 0 Å². The Morgan fingerprint density at radius 2 is 2.21 bits per heavy atom. The van der Waals surface area contributed by atoms with Crippen molar-refractivity contribution in [3.05, 3.63) is 18.0 Å². The van der Waals surface area contributed by atoms with Gasteiger partial charge in [0.25, 0.3) is 5.91 Å². The van der Waals surface area contributed by atoms with E-state index in [-0.39, 0.29) is 17.9 Å². The van der Waals surface area contributed by atoms with E-state index in [4.69, 9.17) is 0 Å². The van der Waals surface area contributed by atoms with Gasteiger partial charge in [0, 0.05) is 38.2 Å². The summed E-state index contributed by atoms with van der Waals surface area (Å²) < 4.78 is 1.64. The van der Waals surface area contributed by atoms with Gasteiger partial charge in [0.1, 0.15) is 5.78 Å². The summed E-state index contributed by atoms with van der Waals surface area (Å²) in [6, 6.07) is 0.114. The Labute approximate surface area is 112 Å². The zero-order valence-electron chi connectivity index (χ0n) is 11.2. The van der Waals surface area contributed by atoms with Gasteiger partial charge < -0.3 is 4.90 Å². The number of rotatable bonds is 2. The summed E-state index contributed by atoms with van der Waals surface area (Å²) in [5.41, 5.74) is 0.625. The van der Waals surface area contributed by atoms with E-state index >= 15 is 0 Å². The molecular formula is C14H19N3O2. The number of likely N-dealkylation sites (tertiary alicyclic amines) is 1. The van der Waals surface area contributed by atoms with Gasteiger partial charge in [-0.15, -0.1) is 0 Å². The molecule has 0 radical (unpaired) electrons. The third-order valence-corrected chi connectivity index (χ3v) is 4.33. The SMILES string of the molecule is Cn1cc(C(=O)N2CCCC2C2CCCC2=O)cn1. The van der Waals surface area contributed by atoms with E-state index in [0.717, 1.165) is 32.2 Å². The lowest BCUT2D eigenvalue weighted by Crippen LogP contribution is -2.41. The number of aryl methyl sites for hydroxylation is 1. The molecule has 2 aliphatic rings. The van der Waals surface area contributed by atoms with Crippen LogP contribution in [0.5, 0.6) is 0 Å². The Morgan fingerprint density at radius 3 is 2.84 bits per heavy atom. The van der Waals surface area contributed by atoms with E-state index < -0.39 is 0 Å². The zero-order chi connectivity index (χ0) is 13.4. The fraction of sp³-hybridized carbons (Fsp3) is 0.643. The number of nitrogens with zero attached hydrogens (tertiary/aromatic N) is 3. The van der Waals surface area contributed by atoms with Crippen LogP contribution in [0.3, 0.4) is 0 Å². The molecular weight excluding hydrogens is 242 g/mol. The number of aromatic nitrogens is 2. The van der Waals surface area contributed by atoms with E-state index in [1.54, 1.807) is 24.1 Å². The van der Waals surface area contributed by atoms with Crippen molar-refractivity contribution in [2.75, 3.05) is 6.54 Å². The summed E-state index contributed by atoms with van der Waals surface area (Å²) in [5, 5.41) is 4.05. The minimum atomic E-state index is 0.0234. The van der Waals surface area contributed by atoms with Gasteiger partial charge in [-0.05, 0) is 25.7 Å². The second-order valence-corrected chi connectivity index (χ2v) is 5.58. The number of hydrogen-bond acceptors (Lipinski definition) is 3. The molecule has 5 nitrogen and oxygen atoms in total. The summed E-state index contributed by atoms with van der Waals surface area (Å²) in [7, 11) is 1.80. The Kier molecular flexibility index (Phi) is 3.12. The van der Waals surface area contributed by atoms with E-state index in [1.807, 2.05) is 4.90 Å². The van der Waals surface area contributed by atoms with Gasteiger partial charge in [-0.2, -0.15) is 5.10 Å². The lowest BCUT2D eigenvalue weighted by atomic mass is 9.95. The Bertz CT molecular complexity index is 509. The quantitative estimate of drug-likeness (QED) is 0.808. The van der Waals surface area contributed by atoms with Crippen LogP contribution >= 0.6 is 0 Å². The highest BCUT2D eigenvalue weighted by molar-refractivity contribution is 5.95. The second kappa shape index (κ2) is 4.79. The van der Waals surface area contributed by atoms with Crippen molar-refractivity contribution in [2.24, 2.45) is 13.0 Å². The van der Waals surface area contributed by atoms with Crippen LogP contribution in [0.4, 0.5) is 0 Å². The van der Waals surface area contributed by atoms with Crippen LogP contribution in [-0.2, 0) is 11.8 Å². The first-order valence-electron chi connectivity index (χ1n) is 6.99. The first-order chi connectivity index (χ1) is 9.16. The van der Waals surface area contributed by atoms with Crippen molar-refractivity contribution in [1.82, 2.24) is 14.7 Å². The Hall–Kier alpha value is -1.65. The monoisotopic (exact) mass is 261 g/mol. The largest absolute Gasteiger partial charge is 0.335 e. The highest BCUT2D eigenvalue weighted by atomic mass is 16.2. The fourth-order valence-electron chi connectivity index (χ4n) is 3.41. The Morgan fingerprint density at radius 1 is 1.37 bits per heavy atom. The number of ketones is 1. The van der Waals surface area contributed by atoms with Crippen LogP contribution in [0, 0.1) is 5.92 Å². The maximum Gasteiger partial charge on any atom is 0.257 e. The van der Waals surface area contributed by atoms with Crippen LogP contribution in [0.25, 0.3) is 0 Å². The molecule has 1 aromatic rings. The molecule has 0 bridgehead atoms. The molecule has 102 valence electrons. The third kappa shape index (κ3) is 2.17. The minimum Gasteiger partial charge on any atom is -0.335 e. The molecule has 2 atom stereocenters. The summed E-state index contributed by atoms with van der Waals surface area (Å²) in [5.74, 6) is 0.439. The minimum absolute atomic E-state index is 0.0234. The standard InChI is InChI=1S/C14H19N3O2/c1-16-9-10(8-15-16)14(19)17-7-3-5-12(17)11-4-2-6-13(11)18/h8-9,11-12H,2-7H2,1H3. The average molecular weight is 261 g/mol.